The second kappa shape index (κ2) is 14.0. The molecule has 0 spiro atoms. The highest BCUT2D eigenvalue weighted by molar-refractivity contribution is 14.0. The Morgan fingerprint density at radius 2 is 1.68 bits per heavy atom. The molecule has 1 heterocycles. The Morgan fingerprint density at radius 3 is 2.32 bits per heavy atom. The summed E-state index contributed by atoms with van der Waals surface area (Å²) in [5.41, 5.74) is 2.35. The lowest BCUT2D eigenvalue weighted by Gasteiger charge is -2.31. The van der Waals surface area contributed by atoms with Crippen LogP contribution in [0.5, 0.6) is 0 Å². The van der Waals surface area contributed by atoms with Gasteiger partial charge in [-0.3, -0.25) is 9.79 Å². The first-order chi connectivity index (χ1) is 14.8. The van der Waals surface area contributed by atoms with E-state index in [2.05, 4.69) is 39.9 Å². The highest BCUT2D eigenvalue weighted by Gasteiger charge is 2.27. The number of carbonyl (C=O) groups excluding carboxylic acids is 1. The molecule has 2 aromatic carbocycles. The number of guanidine groups is 1. The van der Waals surface area contributed by atoms with Gasteiger partial charge in [0.1, 0.15) is 0 Å². The maximum Gasteiger partial charge on any atom is 0.232 e. The lowest BCUT2D eigenvalue weighted by molar-refractivity contribution is -0.136. The first-order valence-electron chi connectivity index (χ1n) is 10.7. The molecular weight excluding hydrogens is 503 g/mol. The molecule has 0 bridgehead atoms. The van der Waals surface area contributed by atoms with Crippen molar-refractivity contribution in [2.75, 3.05) is 46.4 Å². The van der Waals surface area contributed by atoms with Gasteiger partial charge in [0.25, 0.3) is 0 Å². The van der Waals surface area contributed by atoms with E-state index in [0.29, 0.717) is 32.8 Å². The summed E-state index contributed by atoms with van der Waals surface area (Å²) in [6, 6.07) is 20.4. The van der Waals surface area contributed by atoms with Gasteiger partial charge in [0.2, 0.25) is 5.91 Å². The van der Waals surface area contributed by atoms with Gasteiger partial charge in [0.15, 0.2) is 5.96 Å². The third-order valence-corrected chi connectivity index (χ3v) is 5.30. The van der Waals surface area contributed by atoms with Gasteiger partial charge in [-0.1, -0.05) is 60.7 Å². The van der Waals surface area contributed by atoms with E-state index >= 15 is 0 Å². The number of morpholine rings is 1. The number of aryl methyl sites for hydroxylation is 1. The average Bonchev–Trinajstić information content (AvgIpc) is 2.82. The number of amides is 1. The fourth-order valence-corrected chi connectivity index (χ4v) is 3.60. The number of rotatable bonds is 8. The largest absolute Gasteiger partial charge is 0.378 e. The number of aliphatic imine (C=N–C) groups is 1. The molecule has 1 aliphatic rings. The zero-order valence-electron chi connectivity index (χ0n) is 18.1. The average molecular weight is 536 g/mol. The third-order valence-electron chi connectivity index (χ3n) is 5.30. The van der Waals surface area contributed by atoms with Gasteiger partial charge in [0, 0.05) is 33.2 Å². The quantitative estimate of drug-likeness (QED) is 0.236. The number of hydrogen-bond donors (Lipinski definition) is 2. The Balaban J connectivity index is 0.00000341. The molecule has 31 heavy (non-hydrogen) atoms. The van der Waals surface area contributed by atoms with Crippen LogP contribution in [0.2, 0.25) is 0 Å². The number of nitrogens with one attached hydrogen (secondary N) is 2. The molecule has 7 heteroatoms. The van der Waals surface area contributed by atoms with E-state index in [-0.39, 0.29) is 35.8 Å². The van der Waals surface area contributed by atoms with E-state index in [9.17, 15) is 4.79 Å². The van der Waals surface area contributed by atoms with Crippen molar-refractivity contribution in [3.05, 3.63) is 71.8 Å². The summed E-state index contributed by atoms with van der Waals surface area (Å²) >= 11 is 0. The van der Waals surface area contributed by atoms with Crippen molar-refractivity contribution >= 4 is 35.8 Å². The maximum absolute atomic E-state index is 13.2. The Kier molecular flexibility index (Phi) is 11.4. The van der Waals surface area contributed by atoms with Gasteiger partial charge in [-0.05, 0) is 24.0 Å². The molecule has 0 radical (unpaired) electrons. The molecule has 1 amide bonds. The summed E-state index contributed by atoms with van der Waals surface area (Å²) < 4.78 is 5.40. The molecule has 0 aromatic heterocycles. The van der Waals surface area contributed by atoms with Crippen LogP contribution in [0.3, 0.4) is 0 Å². The molecule has 3 rings (SSSR count). The van der Waals surface area contributed by atoms with Crippen LogP contribution < -0.4 is 10.6 Å². The Morgan fingerprint density at radius 1 is 1.03 bits per heavy atom. The van der Waals surface area contributed by atoms with Crippen molar-refractivity contribution in [3.8, 4) is 0 Å². The van der Waals surface area contributed by atoms with Crippen molar-refractivity contribution in [2.45, 2.75) is 18.8 Å². The van der Waals surface area contributed by atoms with Crippen LogP contribution in [0, 0.1) is 0 Å². The van der Waals surface area contributed by atoms with Gasteiger partial charge in [-0.15, -0.1) is 24.0 Å². The van der Waals surface area contributed by atoms with E-state index in [1.165, 1.54) is 5.56 Å². The smallest absolute Gasteiger partial charge is 0.232 e. The molecule has 1 fully saturated rings. The first-order valence-corrected chi connectivity index (χ1v) is 10.7. The Labute approximate surface area is 202 Å². The van der Waals surface area contributed by atoms with Crippen LogP contribution in [-0.4, -0.2) is 63.2 Å². The third kappa shape index (κ3) is 8.14. The summed E-state index contributed by atoms with van der Waals surface area (Å²) in [4.78, 5) is 19.4. The number of carbonyl (C=O) groups is 1. The van der Waals surface area contributed by atoms with Crippen LogP contribution in [0.1, 0.15) is 23.5 Å². The van der Waals surface area contributed by atoms with Gasteiger partial charge in [0.05, 0.1) is 19.1 Å². The van der Waals surface area contributed by atoms with Crippen molar-refractivity contribution in [1.82, 2.24) is 15.5 Å². The Hall–Kier alpha value is -2.13. The standard InChI is InChI=1S/C24H32N4O2.HI/c1-25-24(26-14-8-11-20-9-4-2-5-10-20)27-19-22(21-12-6-3-7-13-21)23(29)28-15-17-30-18-16-28;/h2-7,9-10,12-13,22H,8,11,14-19H2,1H3,(H2,25,26,27);1H. The fourth-order valence-electron chi connectivity index (χ4n) is 3.60. The predicted molar refractivity (Wildman–Crippen MR) is 136 cm³/mol. The van der Waals surface area contributed by atoms with Crippen LogP contribution in [0.4, 0.5) is 0 Å². The number of ether oxygens (including phenoxy) is 1. The van der Waals surface area contributed by atoms with Gasteiger partial charge in [-0.2, -0.15) is 0 Å². The summed E-state index contributed by atoms with van der Waals surface area (Å²) in [5, 5.41) is 6.71. The van der Waals surface area contributed by atoms with Crippen LogP contribution in [0.25, 0.3) is 0 Å². The van der Waals surface area contributed by atoms with Crippen LogP contribution >= 0.6 is 24.0 Å². The summed E-state index contributed by atoms with van der Waals surface area (Å²) in [6.07, 6.45) is 2.03. The zero-order chi connectivity index (χ0) is 21.0. The number of hydrogen-bond acceptors (Lipinski definition) is 3. The molecular formula is C24H33IN4O2. The van der Waals surface area contributed by atoms with E-state index in [0.717, 1.165) is 30.9 Å². The molecule has 2 aromatic rings. The second-order valence-corrected chi connectivity index (χ2v) is 7.37. The fraction of sp³-hybridized carbons (Fsp3) is 0.417. The number of halogens is 1. The van der Waals surface area contributed by atoms with Crippen molar-refractivity contribution in [2.24, 2.45) is 4.99 Å². The van der Waals surface area contributed by atoms with Crippen LogP contribution in [-0.2, 0) is 16.0 Å². The number of nitrogens with zero attached hydrogens (tertiary/aromatic N) is 2. The summed E-state index contributed by atoms with van der Waals surface area (Å²) in [5.74, 6) is 0.600. The maximum atomic E-state index is 13.2. The van der Waals surface area contributed by atoms with E-state index < -0.39 is 0 Å². The molecule has 1 saturated heterocycles. The minimum Gasteiger partial charge on any atom is -0.378 e. The summed E-state index contributed by atoms with van der Waals surface area (Å²) in [7, 11) is 1.76. The molecule has 2 N–H and O–H groups in total. The monoisotopic (exact) mass is 536 g/mol. The topological polar surface area (TPSA) is 66.0 Å². The van der Waals surface area contributed by atoms with Gasteiger partial charge in [-0.25, -0.2) is 0 Å². The molecule has 6 nitrogen and oxygen atoms in total. The highest BCUT2D eigenvalue weighted by Crippen LogP contribution is 2.18. The molecule has 168 valence electrons. The highest BCUT2D eigenvalue weighted by atomic mass is 127. The zero-order valence-corrected chi connectivity index (χ0v) is 20.5. The second-order valence-electron chi connectivity index (χ2n) is 7.37. The van der Waals surface area contributed by atoms with Crippen molar-refractivity contribution in [3.63, 3.8) is 0 Å². The minimum atomic E-state index is -0.257. The molecule has 0 saturated carbocycles. The normalized spacial score (nSPS) is 15.0. The molecule has 1 aliphatic heterocycles. The van der Waals surface area contributed by atoms with E-state index in [4.69, 9.17) is 4.74 Å². The first kappa shape index (κ1) is 25.1. The summed E-state index contributed by atoms with van der Waals surface area (Å²) in [6.45, 7) is 3.82. The predicted octanol–water partition coefficient (Wildman–Crippen LogP) is 3.04. The number of benzene rings is 2. The Bertz CT molecular complexity index is 796. The minimum absolute atomic E-state index is 0. The van der Waals surface area contributed by atoms with Crippen LogP contribution in [0.15, 0.2) is 65.7 Å². The van der Waals surface area contributed by atoms with Crippen molar-refractivity contribution < 1.29 is 9.53 Å². The van der Waals surface area contributed by atoms with Gasteiger partial charge < -0.3 is 20.3 Å². The van der Waals surface area contributed by atoms with Gasteiger partial charge >= 0.3 is 0 Å². The van der Waals surface area contributed by atoms with Crippen molar-refractivity contribution in [1.29, 1.82) is 0 Å². The lowest BCUT2D eigenvalue weighted by Crippen LogP contribution is -2.47. The molecule has 0 aliphatic carbocycles. The van der Waals surface area contributed by atoms with E-state index in [1.54, 1.807) is 7.05 Å². The lowest BCUT2D eigenvalue weighted by atomic mass is 9.97. The van der Waals surface area contributed by atoms with E-state index in [1.807, 2.05) is 41.3 Å². The molecule has 1 atom stereocenters. The molecule has 1 unspecified atom stereocenters. The SMILES string of the molecule is CN=C(NCCCc1ccccc1)NCC(C(=O)N1CCOCC1)c1ccccc1.I.